The monoisotopic (exact) mass is 357 g/mol. The van der Waals surface area contributed by atoms with Crippen molar-refractivity contribution in [3.8, 4) is 0 Å². The molecule has 24 heavy (non-hydrogen) atoms. The molecule has 0 amide bonds. The van der Waals surface area contributed by atoms with Gasteiger partial charge < -0.3 is 4.74 Å². The zero-order chi connectivity index (χ0) is 17.1. The lowest BCUT2D eigenvalue weighted by atomic mass is 10.1. The fourth-order valence-corrected chi connectivity index (χ4v) is 2.75. The van der Waals surface area contributed by atoms with Crippen LogP contribution in [0.3, 0.4) is 0 Å². The Bertz CT molecular complexity index is 883. The van der Waals surface area contributed by atoms with Gasteiger partial charge in [-0.1, -0.05) is 59.6 Å². The minimum Gasteiger partial charge on any atom is -0.402 e. The molecule has 0 aliphatic carbocycles. The highest BCUT2D eigenvalue weighted by Crippen LogP contribution is 2.26. The van der Waals surface area contributed by atoms with Crippen LogP contribution < -0.4 is 0 Å². The Labute approximate surface area is 149 Å². The molecule has 0 saturated heterocycles. The first-order valence-corrected chi connectivity index (χ1v) is 8.00. The predicted octanol–water partition coefficient (Wildman–Crippen LogP) is 5.28. The number of hydrogen-bond acceptors (Lipinski definition) is 3. The second-order valence-corrected chi connectivity index (χ2v) is 6.10. The summed E-state index contributed by atoms with van der Waals surface area (Å²) in [6.45, 7) is 1.90. The van der Waals surface area contributed by atoms with Crippen molar-refractivity contribution in [2.45, 2.75) is 6.92 Å². The highest BCUT2D eigenvalue weighted by molar-refractivity contribution is 6.37. The first-order valence-electron chi connectivity index (χ1n) is 7.24. The lowest BCUT2D eigenvalue weighted by Crippen LogP contribution is -2.06. The first kappa shape index (κ1) is 16.5. The Morgan fingerprint density at radius 3 is 2.58 bits per heavy atom. The van der Waals surface area contributed by atoms with Gasteiger partial charge >= 0.3 is 5.97 Å². The number of benzene rings is 2. The molecule has 0 N–H and O–H groups in total. The number of esters is 1. The zero-order valence-corrected chi connectivity index (χ0v) is 14.3. The van der Waals surface area contributed by atoms with Crippen LogP contribution in [0.25, 0.3) is 6.08 Å². The van der Waals surface area contributed by atoms with Crippen LogP contribution in [0.15, 0.2) is 70.9 Å². The van der Waals surface area contributed by atoms with Crippen LogP contribution >= 0.6 is 23.2 Å². The van der Waals surface area contributed by atoms with Crippen molar-refractivity contribution in [2.24, 2.45) is 4.99 Å². The number of ether oxygens (including phenoxy) is 1. The summed E-state index contributed by atoms with van der Waals surface area (Å²) in [5, 5.41) is 0.887. The van der Waals surface area contributed by atoms with Crippen molar-refractivity contribution in [2.75, 3.05) is 0 Å². The van der Waals surface area contributed by atoms with Crippen molar-refractivity contribution in [3.05, 3.63) is 87.0 Å². The van der Waals surface area contributed by atoms with Gasteiger partial charge in [0.1, 0.15) is 0 Å². The zero-order valence-electron chi connectivity index (χ0n) is 12.8. The number of rotatable bonds is 3. The molecule has 0 bridgehead atoms. The van der Waals surface area contributed by atoms with E-state index in [2.05, 4.69) is 4.99 Å². The molecule has 2 aromatic rings. The molecule has 1 aliphatic heterocycles. The summed E-state index contributed by atoms with van der Waals surface area (Å²) in [5.41, 5.74) is 2.70. The third kappa shape index (κ3) is 3.75. The van der Waals surface area contributed by atoms with Crippen molar-refractivity contribution in [3.63, 3.8) is 0 Å². The maximum atomic E-state index is 12.0. The SMILES string of the molecule is CC(=Cc1ccccc1)C=C1N=C(c2ccc(Cl)cc2Cl)OC1=O. The average Bonchev–Trinajstić information content (AvgIpc) is 2.88. The Kier molecular flexibility index (Phi) is 4.84. The fraction of sp³-hybridized carbons (Fsp3) is 0.0526. The molecule has 0 atom stereocenters. The molecule has 0 aromatic heterocycles. The van der Waals surface area contributed by atoms with E-state index in [1.807, 2.05) is 43.3 Å². The molecule has 1 aliphatic rings. The molecule has 1 heterocycles. The van der Waals surface area contributed by atoms with Crippen LogP contribution in [0.1, 0.15) is 18.1 Å². The summed E-state index contributed by atoms with van der Waals surface area (Å²) in [6, 6.07) is 14.7. The normalized spacial score (nSPS) is 16.3. The topological polar surface area (TPSA) is 38.7 Å². The fourth-order valence-electron chi connectivity index (χ4n) is 2.26. The standard InChI is InChI=1S/C19H13Cl2NO2/c1-12(9-13-5-3-2-4-6-13)10-17-19(23)24-18(22-17)15-8-7-14(20)11-16(15)21/h2-11H,1H3. The minimum absolute atomic E-state index is 0.181. The number of allylic oxidation sites excluding steroid dienone is 2. The molecule has 2 aromatic carbocycles. The lowest BCUT2D eigenvalue weighted by molar-refractivity contribution is -0.130. The first-order chi connectivity index (χ1) is 11.5. The van der Waals surface area contributed by atoms with Crippen LogP contribution in [0.5, 0.6) is 0 Å². The van der Waals surface area contributed by atoms with Crippen LogP contribution in [-0.2, 0) is 9.53 Å². The third-order valence-electron chi connectivity index (χ3n) is 3.34. The van der Waals surface area contributed by atoms with E-state index >= 15 is 0 Å². The average molecular weight is 358 g/mol. The summed E-state index contributed by atoms with van der Waals surface area (Å²) < 4.78 is 5.22. The van der Waals surface area contributed by atoms with E-state index in [4.69, 9.17) is 27.9 Å². The highest BCUT2D eigenvalue weighted by atomic mass is 35.5. The van der Waals surface area contributed by atoms with Crippen molar-refractivity contribution in [1.29, 1.82) is 0 Å². The predicted molar refractivity (Wildman–Crippen MR) is 97.3 cm³/mol. The van der Waals surface area contributed by atoms with Gasteiger partial charge in [-0.05, 0) is 42.3 Å². The van der Waals surface area contributed by atoms with Crippen molar-refractivity contribution >= 4 is 41.1 Å². The Balaban J connectivity index is 1.90. The van der Waals surface area contributed by atoms with Crippen molar-refractivity contribution in [1.82, 2.24) is 0 Å². The summed E-state index contributed by atoms with van der Waals surface area (Å²) in [5.74, 6) is -0.322. The molecule has 5 heteroatoms. The second-order valence-electron chi connectivity index (χ2n) is 5.26. The number of cyclic esters (lactones) is 1. The molecule has 0 fully saturated rings. The molecular weight excluding hydrogens is 345 g/mol. The maximum absolute atomic E-state index is 12.0. The smallest absolute Gasteiger partial charge is 0.363 e. The van der Waals surface area contributed by atoms with Crippen LogP contribution in [0, 0.1) is 0 Å². The summed E-state index contributed by atoms with van der Waals surface area (Å²) in [6.07, 6.45) is 3.65. The van der Waals surface area contributed by atoms with E-state index in [0.717, 1.165) is 11.1 Å². The van der Waals surface area contributed by atoms with Crippen molar-refractivity contribution < 1.29 is 9.53 Å². The van der Waals surface area contributed by atoms with Gasteiger partial charge in [-0.15, -0.1) is 0 Å². The van der Waals surface area contributed by atoms with E-state index in [1.54, 1.807) is 24.3 Å². The summed E-state index contributed by atoms with van der Waals surface area (Å²) in [4.78, 5) is 16.3. The van der Waals surface area contributed by atoms with Crippen LogP contribution in [0.4, 0.5) is 0 Å². The van der Waals surface area contributed by atoms with Gasteiger partial charge in [-0.25, -0.2) is 9.79 Å². The maximum Gasteiger partial charge on any atom is 0.363 e. The minimum atomic E-state index is -0.503. The van der Waals surface area contributed by atoms with Gasteiger partial charge in [0.15, 0.2) is 5.70 Å². The second kappa shape index (κ2) is 7.04. The number of nitrogens with zero attached hydrogens (tertiary/aromatic N) is 1. The molecule has 0 radical (unpaired) electrons. The Hall–Kier alpha value is -2.36. The van der Waals surface area contributed by atoms with E-state index in [9.17, 15) is 4.79 Å². The third-order valence-corrected chi connectivity index (χ3v) is 3.89. The van der Waals surface area contributed by atoms with Gasteiger partial charge in [0, 0.05) is 5.02 Å². The van der Waals surface area contributed by atoms with E-state index < -0.39 is 5.97 Å². The van der Waals surface area contributed by atoms with Gasteiger partial charge in [0.05, 0.1) is 10.6 Å². The quantitative estimate of drug-likeness (QED) is 0.553. The van der Waals surface area contributed by atoms with E-state index in [-0.39, 0.29) is 11.6 Å². The Morgan fingerprint density at radius 1 is 1.12 bits per heavy atom. The van der Waals surface area contributed by atoms with Gasteiger partial charge in [0.2, 0.25) is 5.90 Å². The van der Waals surface area contributed by atoms with E-state index in [1.165, 1.54) is 0 Å². The Morgan fingerprint density at radius 2 is 1.88 bits per heavy atom. The molecular formula is C19H13Cl2NO2. The number of hydrogen-bond donors (Lipinski definition) is 0. The summed E-state index contributed by atoms with van der Waals surface area (Å²) >= 11 is 12.0. The number of carbonyl (C=O) groups is 1. The molecule has 0 unspecified atom stereocenters. The van der Waals surface area contributed by atoms with E-state index in [0.29, 0.717) is 15.6 Å². The summed E-state index contributed by atoms with van der Waals surface area (Å²) in [7, 11) is 0. The number of aliphatic imine (C=N–C) groups is 1. The molecule has 0 spiro atoms. The van der Waals surface area contributed by atoms with Crippen LogP contribution in [-0.4, -0.2) is 11.9 Å². The molecule has 3 rings (SSSR count). The molecule has 0 saturated carbocycles. The molecule has 120 valence electrons. The number of halogens is 2. The van der Waals surface area contributed by atoms with Crippen LogP contribution in [0.2, 0.25) is 10.0 Å². The highest BCUT2D eigenvalue weighted by Gasteiger charge is 2.25. The van der Waals surface area contributed by atoms with Gasteiger partial charge in [-0.3, -0.25) is 0 Å². The lowest BCUT2D eigenvalue weighted by Gasteiger charge is -2.02. The van der Waals surface area contributed by atoms with Gasteiger partial charge in [0.25, 0.3) is 0 Å². The molecule has 3 nitrogen and oxygen atoms in total. The van der Waals surface area contributed by atoms with Gasteiger partial charge in [-0.2, -0.15) is 0 Å². The largest absolute Gasteiger partial charge is 0.402 e. The number of carbonyl (C=O) groups excluding carboxylic acids is 1.